The zero-order valence-electron chi connectivity index (χ0n) is 11.1. The Kier molecular flexibility index (Phi) is 4.87. The average molecular weight is 254 g/mol. The minimum absolute atomic E-state index is 0.177. The van der Waals surface area contributed by atoms with E-state index in [0.29, 0.717) is 13.0 Å². The van der Waals surface area contributed by atoms with E-state index in [-0.39, 0.29) is 5.78 Å². The molecule has 0 amide bonds. The van der Waals surface area contributed by atoms with Gasteiger partial charge in [0.25, 0.3) is 0 Å². The van der Waals surface area contributed by atoms with Crippen molar-refractivity contribution in [1.82, 2.24) is 0 Å². The molecule has 0 aliphatic rings. The van der Waals surface area contributed by atoms with Gasteiger partial charge >= 0.3 is 0 Å². The van der Waals surface area contributed by atoms with Gasteiger partial charge in [0.1, 0.15) is 0 Å². The summed E-state index contributed by atoms with van der Waals surface area (Å²) in [6.07, 6.45) is 1.31. The molecule has 98 valence electrons. The molecule has 0 saturated heterocycles. The Morgan fingerprint density at radius 3 is 2.21 bits per heavy atom. The van der Waals surface area contributed by atoms with Gasteiger partial charge in [-0.25, -0.2) is 0 Å². The molecule has 0 unspecified atom stereocenters. The zero-order valence-corrected chi connectivity index (χ0v) is 11.1. The second-order valence-electron chi connectivity index (χ2n) is 4.46. The van der Waals surface area contributed by atoms with Gasteiger partial charge in [-0.05, 0) is 17.5 Å². The van der Waals surface area contributed by atoms with Crippen LogP contribution in [0.1, 0.15) is 23.2 Å². The molecule has 2 heteroatoms. The van der Waals surface area contributed by atoms with E-state index in [1.54, 1.807) is 7.11 Å². The molecule has 19 heavy (non-hydrogen) atoms. The molecule has 0 atom stereocenters. The first kappa shape index (κ1) is 13.5. The van der Waals surface area contributed by atoms with Crippen LogP contribution in [0.25, 0.3) is 11.1 Å². The predicted octanol–water partition coefficient (Wildman–Crippen LogP) is 3.96. The van der Waals surface area contributed by atoms with Crippen molar-refractivity contribution in [1.29, 1.82) is 0 Å². The van der Waals surface area contributed by atoms with E-state index in [1.807, 2.05) is 42.5 Å². The maximum absolute atomic E-state index is 11.9. The molecule has 0 bridgehead atoms. The lowest BCUT2D eigenvalue weighted by molar-refractivity contribution is 0.0963. The fourth-order valence-corrected chi connectivity index (χ4v) is 2.00. The standard InChI is InChI=1S/C17H18O2/c1-19-13-5-8-17(18)16-11-9-15(10-12-16)14-6-3-2-4-7-14/h2-4,6-7,9-12H,5,8,13H2,1H3. The largest absolute Gasteiger partial charge is 0.385 e. The number of carbonyl (C=O) groups is 1. The summed E-state index contributed by atoms with van der Waals surface area (Å²) in [7, 11) is 1.65. The van der Waals surface area contributed by atoms with Gasteiger partial charge in [0.2, 0.25) is 0 Å². The summed E-state index contributed by atoms with van der Waals surface area (Å²) < 4.78 is 4.95. The quantitative estimate of drug-likeness (QED) is 0.576. The third-order valence-corrected chi connectivity index (χ3v) is 3.07. The van der Waals surface area contributed by atoms with E-state index < -0.39 is 0 Å². The summed E-state index contributed by atoms with van der Waals surface area (Å²) in [5.41, 5.74) is 3.07. The van der Waals surface area contributed by atoms with E-state index in [9.17, 15) is 4.79 Å². The molecule has 0 aromatic heterocycles. The normalized spacial score (nSPS) is 10.4. The first-order chi connectivity index (χ1) is 9.31. The van der Waals surface area contributed by atoms with E-state index in [1.165, 1.54) is 5.56 Å². The van der Waals surface area contributed by atoms with Crippen LogP contribution >= 0.6 is 0 Å². The minimum atomic E-state index is 0.177. The predicted molar refractivity (Wildman–Crippen MR) is 77.3 cm³/mol. The average Bonchev–Trinajstić information content (AvgIpc) is 2.48. The Labute approximate surface area is 114 Å². The third kappa shape index (κ3) is 3.76. The van der Waals surface area contributed by atoms with Crippen LogP contribution in [-0.2, 0) is 4.74 Å². The summed E-state index contributed by atoms with van der Waals surface area (Å²) in [5, 5.41) is 0. The number of ketones is 1. The molecule has 2 rings (SSSR count). The lowest BCUT2D eigenvalue weighted by Gasteiger charge is -2.04. The van der Waals surface area contributed by atoms with Gasteiger partial charge in [0.05, 0.1) is 0 Å². The Hall–Kier alpha value is -1.93. The van der Waals surface area contributed by atoms with Gasteiger partial charge in [-0.3, -0.25) is 4.79 Å². The van der Waals surface area contributed by atoms with Crippen molar-refractivity contribution in [3.8, 4) is 11.1 Å². The second-order valence-corrected chi connectivity index (χ2v) is 4.46. The Morgan fingerprint density at radius 2 is 1.58 bits per heavy atom. The topological polar surface area (TPSA) is 26.3 Å². The van der Waals surface area contributed by atoms with Crippen LogP contribution in [0, 0.1) is 0 Å². The van der Waals surface area contributed by atoms with E-state index >= 15 is 0 Å². The van der Waals surface area contributed by atoms with Crippen LogP contribution in [0.3, 0.4) is 0 Å². The molecule has 0 spiro atoms. The van der Waals surface area contributed by atoms with Crippen molar-refractivity contribution >= 4 is 5.78 Å². The number of ether oxygens (including phenoxy) is 1. The van der Waals surface area contributed by atoms with Crippen LogP contribution in [0.5, 0.6) is 0 Å². The van der Waals surface area contributed by atoms with E-state index in [0.717, 1.165) is 17.5 Å². The number of benzene rings is 2. The van der Waals surface area contributed by atoms with Crippen molar-refractivity contribution in [2.75, 3.05) is 13.7 Å². The maximum Gasteiger partial charge on any atom is 0.162 e. The van der Waals surface area contributed by atoms with Crippen LogP contribution < -0.4 is 0 Å². The summed E-state index contributed by atoms with van der Waals surface area (Å²) in [6.45, 7) is 0.633. The van der Waals surface area contributed by atoms with Crippen molar-refractivity contribution in [2.45, 2.75) is 12.8 Å². The number of methoxy groups -OCH3 is 1. The SMILES string of the molecule is COCCCC(=O)c1ccc(-c2ccccc2)cc1. The lowest BCUT2D eigenvalue weighted by Crippen LogP contribution is -2.01. The molecule has 0 aliphatic carbocycles. The molecule has 0 heterocycles. The van der Waals surface area contributed by atoms with Gasteiger partial charge in [0, 0.05) is 25.7 Å². The molecule has 0 saturated carbocycles. The summed E-state index contributed by atoms with van der Waals surface area (Å²) in [5.74, 6) is 0.177. The van der Waals surface area contributed by atoms with Gasteiger partial charge in [-0.15, -0.1) is 0 Å². The number of carbonyl (C=O) groups excluding carboxylic acids is 1. The molecule has 2 aromatic carbocycles. The highest BCUT2D eigenvalue weighted by Crippen LogP contribution is 2.19. The monoisotopic (exact) mass is 254 g/mol. The Balaban J connectivity index is 2.04. The molecular weight excluding hydrogens is 236 g/mol. The smallest absolute Gasteiger partial charge is 0.162 e. The molecule has 0 N–H and O–H groups in total. The summed E-state index contributed by atoms with van der Waals surface area (Å²) >= 11 is 0. The molecule has 0 radical (unpaired) electrons. The number of hydrogen-bond donors (Lipinski definition) is 0. The van der Waals surface area contributed by atoms with E-state index in [4.69, 9.17) is 4.74 Å². The summed E-state index contributed by atoms with van der Waals surface area (Å²) in [6, 6.07) is 18.0. The minimum Gasteiger partial charge on any atom is -0.385 e. The van der Waals surface area contributed by atoms with E-state index in [2.05, 4.69) is 12.1 Å². The lowest BCUT2D eigenvalue weighted by atomic mass is 10.0. The van der Waals surface area contributed by atoms with Crippen LogP contribution in [-0.4, -0.2) is 19.5 Å². The number of rotatable bonds is 6. The number of Topliss-reactive ketones (excluding diaryl/α,β-unsaturated/α-hetero) is 1. The molecule has 2 nitrogen and oxygen atoms in total. The second kappa shape index (κ2) is 6.86. The fourth-order valence-electron chi connectivity index (χ4n) is 2.00. The first-order valence-electron chi connectivity index (χ1n) is 6.49. The number of hydrogen-bond acceptors (Lipinski definition) is 2. The van der Waals surface area contributed by atoms with Crippen LogP contribution in [0.4, 0.5) is 0 Å². The maximum atomic E-state index is 11.9. The highest BCUT2D eigenvalue weighted by atomic mass is 16.5. The van der Waals surface area contributed by atoms with Gasteiger partial charge in [-0.1, -0.05) is 54.6 Å². The molecular formula is C17H18O2. The fraction of sp³-hybridized carbons (Fsp3) is 0.235. The van der Waals surface area contributed by atoms with Crippen molar-refractivity contribution in [3.05, 3.63) is 60.2 Å². The van der Waals surface area contributed by atoms with Crippen LogP contribution in [0.2, 0.25) is 0 Å². The van der Waals surface area contributed by atoms with Gasteiger partial charge in [-0.2, -0.15) is 0 Å². The van der Waals surface area contributed by atoms with Gasteiger partial charge < -0.3 is 4.74 Å². The van der Waals surface area contributed by atoms with Crippen molar-refractivity contribution in [3.63, 3.8) is 0 Å². The highest BCUT2D eigenvalue weighted by molar-refractivity contribution is 5.96. The Morgan fingerprint density at radius 1 is 0.947 bits per heavy atom. The Bertz CT molecular complexity index is 515. The summed E-state index contributed by atoms with van der Waals surface area (Å²) in [4.78, 5) is 11.9. The van der Waals surface area contributed by atoms with Gasteiger partial charge in [0.15, 0.2) is 5.78 Å². The molecule has 0 fully saturated rings. The third-order valence-electron chi connectivity index (χ3n) is 3.07. The zero-order chi connectivity index (χ0) is 13.5. The first-order valence-corrected chi connectivity index (χ1v) is 6.49. The highest BCUT2D eigenvalue weighted by Gasteiger charge is 2.05. The van der Waals surface area contributed by atoms with Crippen molar-refractivity contribution < 1.29 is 9.53 Å². The van der Waals surface area contributed by atoms with Crippen LogP contribution in [0.15, 0.2) is 54.6 Å². The van der Waals surface area contributed by atoms with Crippen molar-refractivity contribution in [2.24, 2.45) is 0 Å². The molecule has 0 aliphatic heterocycles. The molecule has 2 aromatic rings.